The Kier molecular flexibility index (Phi) is 16.3. The molecule has 0 aromatic rings. The van der Waals surface area contributed by atoms with Gasteiger partial charge in [-0.2, -0.15) is 0 Å². The molecule has 0 aliphatic carbocycles. The SMILES string of the molecule is CC.CC.CC1CCNCCN1. The highest BCUT2D eigenvalue weighted by molar-refractivity contribution is 4.67. The van der Waals surface area contributed by atoms with E-state index in [4.69, 9.17) is 0 Å². The number of hydrogen-bond donors (Lipinski definition) is 2. The van der Waals surface area contributed by atoms with Crippen LogP contribution in [0.3, 0.4) is 0 Å². The molecule has 0 aromatic carbocycles. The first-order chi connectivity index (χ1) is 5.89. The van der Waals surface area contributed by atoms with E-state index in [-0.39, 0.29) is 0 Å². The van der Waals surface area contributed by atoms with Crippen LogP contribution in [0.1, 0.15) is 41.0 Å². The summed E-state index contributed by atoms with van der Waals surface area (Å²) in [4.78, 5) is 0. The third-order valence-electron chi connectivity index (χ3n) is 1.55. The molecule has 1 aliphatic heterocycles. The van der Waals surface area contributed by atoms with E-state index in [2.05, 4.69) is 17.6 Å². The normalized spacial score (nSPS) is 22.2. The van der Waals surface area contributed by atoms with Gasteiger partial charge in [-0.25, -0.2) is 0 Å². The highest BCUT2D eigenvalue weighted by Gasteiger charge is 2.02. The van der Waals surface area contributed by atoms with Crippen LogP contribution in [0.2, 0.25) is 0 Å². The lowest BCUT2D eigenvalue weighted by molar-refractivity contribution is 0.565. The van der Waals surface area contributed by atoms with Gasteiger partial charge in [-0.05, 0) is 19.9 Å². The van der Waals surface area contributed by atoms with Crippen molar-refractivity contribution in [3.63, 3.8) is 0 Å². The Bertz CT molecular complexity index is 56.9. The highest BCUT2D eigenvalue weighted by Crippen LogP contribution is 1.89. The fourth-order valence-electron chi connectivity index (χ4n) is 0.953. The molecule has 2 heteroatoms. The molecule has 1 rings (SSSR count). The predicted molar refractivity (Wildman–Crippen MR) is 57.6 cm³/mol. The van der Waals surface area contributed by atoms with E-state index in [0.717, 1.165) is 13.1 Å². The van der Waals surface area contributed by atoms with E-state index in [0.29, 0.717) is 6.04 Å². The Morgan fingerprint density at radius 1 is 0.917 bits per heavy atom. The van der Waals surface area contributed by atoms with Gasteiger partial charge in [0.05, 0.1) is 0 Å². The zero-order valence-corrected chi connectivity index (χ0v) is 9.41. The Hall–Kier alpha value is -0.0800. The fraction of sp³-hybridized carbons (Fsp3) is 1.00. The van der Waals surface area contributed by atoms with E-state index in [1.807, 2.05) is 27.7 Å². The van der Waals surface area contributed by atoms with Crippen LogP contribution < -0.4 is 10.6 Å². The van der Waals surface area contributed by atoms with Crippen LogP contribution in [0.5, 0.6) is 0 Å². The van der Waals surface area contributed by atoms with Crippen molar-refractivity contribution in [1.82, 2.24) is 10.6 Å². The summed E-state index contributed by atoms with van der Waals surface area (Å²) in [6.45, 7) is 13.7. The summed E-state index contributed by atoms with van der Waals surface area (Å²) >= 11 is 0. The Morgan fingerprint density at radius 2 is 1.50 bits per heavy atom. The fourth-order valence-corrected chi connectivity index (χ4v) is 0.953. The molecule has 0 amide bonds. The first-order valence-electron chi connectivity index (χ1n) is 5.33. The molecule has 0 aromatic heterocycles. The Labute approximate surface area is 78.1 Å². The number of rotatable bonds is 0. The van der Waals surface area contributed by atoms with Gasteiger partial charge in [-0.3, -0.25) is 0 Å². The summed E-state index contributed by atoms with van der Waals surface area (Å²) < 4.78 is 0. The van der Waals surface area contributed by atoms with Crippen LogP contribution in [0.15, 0.2) is 0 Å². The molecule has 76 valence electrons. The minimum absolute atomic E-state index is 0.713. The molecular formula is C10H26N2. The molecule has 0 radical (unpaired) electrons. The molecule has 2 nitrogen and oxygen atoms in total. The summed E-state index contributed by atoms with van der Waals surface area (Å²) in [6, 6.07) is 0.713. The standard InChI is InChI=1S/C6H14N2.2C2H6/c1-6-2-3-7-4-5-8-6;2*1-2/h6-8H,2-5H2,1H3;2*1-2H3. The molecule has 1 aliphatic rings. The summed E-state index contributed by atoms with van der Waals surface area (Å²) in [6.07, 6.45) is 1.26. The lowest BCUT2D eigenvalue weighted by atomic mass is 10.2. The second kappa shape index (κ2) is 13.5. The van der Waals surface area contributed by atoms with Crippen molar-refractivity contribution in [2.45, 2.75) is 47.1 Å². The maximum absolute atomic E-state index is 3.38. The molecule has 2 N–H and O–H groups in total. The quantitative estimate of drug-likeness (QED) is 0.587. The van der Waals surface area contributed by atoms with Crippen LogP contribution in [-0.2, 0) is 0 Å². The monoisotopic (exact) mass is 174 g/mol. The van der Waals surface area contributed by atoms with Crippen molar-refractivity contribution in [1.29, 1.82) is 0 Å². The smallest absolute Gasteiger partial charge is 0.00792 e. The van der Waals surface area contributed by atoms with Crippen LogP contribution in [0, 0.1) is 0 Å². The average molecular weight is 174 g/mol. The van der Waals surface area contributed by atoms with Crippen molar-refractivity contribution in [3.05, 3.63) is 0 Å². The van der Waals surface area contributed by atoms with Crippen molar-refractivity contribution in [2.75, 3.05) is 19.6 Å². The van der Waals surface area contributed by atoms with E-state index >= 15 is 0 Å². The summed E-state index contributed by atoms with van der Waals surface area (Å²) in [7, 11) is 0. The molecule has 0 bridgehead atoms. The first-order valence-corrected chi connectivity index (χ1v) is 5.33. The summed E-state index contributed by atoms with van der Waals surface area (Å²) in [5, 5.41) is 6.70. The van der Waals surface area contributed by atoms with Gasteiger partial charge >= 0.3 is 0 Å². The van der Waals surface area contributed by atoms with Gasteiger partial charge in [0.1, 0.15) is 0 Å². The largest absolute Gasteiger partial charge is 0.315 e. The van der Waals surface area contributed by atoms with Gasteiger partial charge < -0.3 is 10.6 Å². The van der Waals surface area contributed by atoms with Gasteiger partial charge in [0.25, 0.3) is 0 Å². The minimum atomic E-state index is 0.713. The van der Waals surface area contributed by atoms with E-state index in [1.165, 1.54) is 13.0 Å². The van der Waals surface area contributed by atoms with Gasteiger partial charge in [0, 0.05) is 19.1 Å². The average Bonchev–Trinajstić information content (AvgIpc) is 2.40. The summed E-state index contributed by atoms with van der Waals surface area (Å²) in [5.41, 5.74) is 0. The summed E-state index contributed by atoms with van der Waals surface area (Å²) in [5.74, 6) is 0. The second-order valence-electron chi connectivity index (χ2n) is 2.39. The molecule has 1 saturated heterocycles. The van der Waals surface area contributed by atoms with Crippen molar-refractivity contribution < 1.29 is 0 Å². The topological polar surface area (TPSA) is 24.1 Å². The van der Waals surface area contributed by atoms with E-state index in [9.17, 15) is 0 Å². The van der Waals surface area contributed by atoms with Crippen molar-refractivity contribution >= 4 is 0 Å². The molecule has 12 heavy (non-hydrogen) atoms. The molecular weight excluding hydrogens is 148 g/mol. The molecule has 0 spiro atoms. The van der Waals surface area contributed by atoms with Crippen molar-refractivity contribution in [2.24, 2.45) is 0 Å². The van der Waals surface area contributed by atoms with Crippen LogP contribution in [0.25, 0.3) is 0 Å². The minimum Gasteiger partial charge on any atom is -0.315 e. The third kappa shape index (κ3) is 9.92. The Morgan fingerprint density at radius 3 is 2.08 bits per heavy atom. The Balaban J connectivity index is 0. The maximum atomic E-state index is 3.38. The van der Waals surface area contributed by atoms with Crippen molar-refractivity contribution in [3.8, 4) is 0 Å². The zero-order chi connectivity index (χ0) is 9.82. The van der Waals surface area contributed by atoms with E-state index in [1.54, 1.807) is 0 Å². The molecule has 1 fully saturated rings. The number of hydrogen-bond acceptors (Lipinski definition) is 2. The lowest BCUT2D eigenvalue weighted by Crippen LogP contribution is -2.26. The van der Waals surface area contributed by atoms with Gasteiger partial charge in [-0.15, -0.1) is 0 Å². The van der Waals surface area contributed by atoms with Gasteiger partial charge in [0.2, 0.25) is 0 Å². The van der Waals surface area contributed by atoms with Gasteiger partial charge in [0.15, 0.2) is 0 Å². The molecule has 1 unspecified atom stereocenters. The first kappa shape index (κ1) is 14.4. The predicted octanol–water partition coefficient (Wildman–Crippen LogP) is 2.01. The van der Waals surface area contributed by atoms with Crippen LogP contribution in [0.4, 0.5) is 0 Å². The van der Waals surface area contributed by atoms with E-state index < -0.39 is 0 Å². The number of nitrogens with one attached hydrogen (secondary N) is 2. The van der Waals surface area contributed by atoms with Crippen LogP contribution in [-0.4, -0.2) is 25.7 Å². The maximum Gasteiger partial charge on any atom is 0.00792 e. The molecule has 1 atom stereocenters. The molecule has 1 heterocycles. The zero-order valence-electron chi connectivity index (χ0n) is 9.41. The highest BCUT2D eigenvalue weighted by atomic mass is 15.0. The lowest BCUT2D eigenvalue weighted by Gasteiger charge is -2.05. The third-order valence-corrected chi connectivity index (χ3v) is 1.55. The molecule has 0 saturated carbocycles. The van der Waals surface area contributed by atoms with Crippen LogP contribution >= 0.6 is 0 Å². The second-order valence-corrected chi connectivity index (χ2v) is 2.39. The van der Waals surface area contributed by atoms with Gasteiger partial charge in [-0.1, -0.05) is 27.7 Å².